The number of sulfonamides is 1. The summed E-state index contributed by atoms with van der Waals surface area (Å²) in [6, 6.07) is 1.78. The van der Waals surface area contributed by atoms with Crippen molar-refractivity contribution in [2.75, 3.05) is 6.54 Å². The SMILES string of the molecule is Cc1ncc(S(=O)(=O)NCCn2cccn2)[nH]1. The number of H-pyrrole nitrogens is 1. The molecule has 0 spiro atoms. The van der Waals surface area contributed by atoms with E-state index in [4.69, 9.17) is 0 Å². The van der Waals surface area contributed by atoms with E-state index in [0.29, 0.717) is 12.4 Å². The van der Waals surface area contributed by atoms with Crippen LogP contribution in [0.15, 0.2) is 29.7 Å². The lowest BCUT2D eigenvalue weighted by molar-refractivity contribution is 0.558. The Labute approximate surface area is 98.9 Å². The van der Waals surface area contributed by atoms with E-state index in [2.05, 4.69) is 19.8 Å². The third-order valence-electron chi connectivity index (χ3n) is 2.16. The first-order chi connectivity index (χ1) is 8.08. The average Bonchev–Trinajstić information content (AvgIpc) is 2.89. The number of hydrogen-bond donors (Lipinski definition) is 2. The number of rotatable bonds is 5. The predicted octanol–water partition coefficient (Wildman–Crippen LogP) is -0.107. The summed E-state index contributed by atoms with van der Waals surface area (Å²) in [4.78, 5) is 6.52. The van der Waals surface area contributed by atoms with Crippen molar-refractivity contribution in [2.45, 2.75) is 18.5 Å². The number of imidazole rings is 1. The van der Waals surface area contributed by atoms with Crippen LogP contribution in [-0.4, -0.2) is 34.7 Å². The van der Waals surface area contributed by atoms with Crippen molar-refractivity contribution < 1.29 is 8.42 Å². The Balaban J connectivity index is 1.94. The molecule has 92 valence electrons. The summed E-state index contributed by atoms with van der Waals surface area (Å²) >= 11 is 0. The van der Waals surface area contributed by atoms with Crippen LogP contribution in [-0.2, 0) is 16.6 Å². The summed E-state index contributed by atoms with van der Waals surface area (Å²) in [5.74, 6) is 0.567. The van der Waals surface area contributed by atoms with E-state index in [1.807, 2.05) is 0 Å². The number of aromatic amines is 1. The van der Waals surface area contributed by atoms with Crippen LogP contribution in [0.1, 0.15) is 5.82 Å². The van der Waals surface area contributed by atoms with Gasteiger partial charge in [-0.15, -0.1) is 0 Å². The number of nitrogens with one attached hydrogen (secondary N) is 2. The standard InChI is InChI=1S/C9H13N5O2S/c1-8-10-7-9(13-8)17(15,16)12-4-6-14-5-2-3-11-14/h2-3,5,7,12H,4,6H2,1H3,(H,10,13). The Morgan fingerprint density at radius 3 is 2.94 bits per heavy atom. The van der Waals surface area contributed by atoms with Crippen molar-refractivity contribution in [1.82, 2.24) is 24.5 Å². The fraction of sp³-hybridized carbons (Fsp3) is 0.333. The van der Waals surface area contributed by atoms with Gasteiger partial charge in [0.05, 0.1) is 12.7 Å². The number of aryl methyl sites for hydroxylation is 1. The van der Waals surface area contributed by atoms with E-state index in [1.54, 1.807) is 30.1 Å². The quantitative estimate of drug-likeness (QED) is 0.780. The highest BCUT2D eigenvalue weighted by molar-refractivity contribution is 7.89. The Bertz CT molecular complexity index is 572. The van der Waals surface area contributed by atoms with E-state index in [0.717, 1.165) is 0 Å². The van der Waals surface area contributed by atoms with E-state index in [1.165, 1.54) is 6.20 Å². The number of nitrogens with zero attached hydrogens (tertiary/aromatic N) is 3. The number of aromatic nitrogens is 4. The first-order valence-electron chi connectivity index (χ1n) is 5.06. The molecule has 7 nitrogen and oxygen atoms in total. The van der Waals surface area contributed by atoms with Crippen LogP contribution in [0.3, 0.4) is 0 Å². The van der Waals surface area contributed by atoms with Gasteiger partial charge in [-0.2, -0.15) is 5.10 Å². The summed E-state index contributed by atoms with van der Waals surface area (Å²) in [6.07, 6.45) is 4.72. The van der Waals surface area contributed by atoms with E-state index < -0.39 is 10.0 Å². The topological polar surface area (TPSA) is 92.7 Å². The van der Waals surface area contributed by atoms with Gasteiger partial charge in [0, 0.05) is 18.9 Å². The zero-order valence-corrected chi connectivity index (χ0v) is 10.1. The summed E-state index contributed by atoms with van der Waals surface area (Å²) in [7, 11) is -3.50. The second-order valence-electron chi connectivity index (χ2n) is 3.50. The zero-order valence-electron chi connectivity index (χ0n) is 9.29. The maximum absolute atomic E-state index is 11.8. The Morgan fingerprint density at radius 2 is 2.35 bits per heavy atom. The van der Waals surface area contributed by atoms with Gasteiger partial charge < -0.3 is 4.98 Å². The van der Waals surface area contributed by atoms with Crippen molar-refractivity contribution >= 4 is 10.0 Å². The summed E-state index contributed by atoms with van der Waals surface area (Å²) in [5.41, 5.74) is 0. The molecule has 0 amide bonds. The van der Waals surface area contributed by atoms with Crippen LogP contribution in [0.25, 0.3) is 0 Å². The highest BCUT2D eigenvalue weighted by Gasteiger charge is 2.15. The minimum Gasteiger partial charge on any atom is -0.332 e. The maximum Gasteiger partial charge on any atom is 0.257 e. The highest BCUT2D eigenvalue weighted by atomic mass is 32.2. The van der Waals surface area contributed by atoms with E-state index in [9.17, 15) is 8.42 Å². The minimum absolute atomic E-state index is 0.0791. The Hall–Kier alpha value is -1.67. The molecule has 2 N–H and O–H groups in total. The minimum atomic E-state index is -3.50. The third-order valence-corrected chi connectivity index (χ3v) is 3.53. The van der Waals surface area contributed by atoms with Crippen molar-refractivity contribution in [3.8, 4) is 0 Å². The van der Waals surface area contributed by atoms with Gasteiger partial charge in [-0.1, -0.05) is 0 Å². The smallest absolute Gasteiger partial charge is 0.257 e. The van der Waals surface area contributed by atoms with Gasteiger partial charge in [0.1, 0.15) is 5.82 Å². The molecule has 2 rings (SSSR count). The molecule has 0 saturated carbocycles. The second kappa shape index (κ2) is 4.68. The van der Waals surface area contributed by atoms with Crippen LogP contribution in [0.4, 0.5) is 0 Å². The molecule has 0 fully saturated rings. The average molecular weight is 255 g/mol. The van der Waals surface area contributed by atoms with Gasteiger partial charge in [0.2, 0.25) is 0 Å². The third kappa shape index (κ3) is 2.92. The molecule has 0 saturated heterocycles. The Kier molecular flexibility index (Phi) is 3.25. The van der Waals surface area contributed by atoms with Crippen LogP contribution < -0.4 is 4.72 Å². The van der Waals surface area contributed by atoms with E-state index in [-0.39, 0.29) is 11.6 Å². The van der Waals surface area contributed by atoms with Crippen molar-refractivity contribution in [1.29, 1.82) is 0 Å². The lowest BCUT2D eigenvalue weighted by Crippen LogP contribution is -2.27. The molecule has 17 heavy (non-hydrogen) atoms. The molecule has 0 aliphatic carbocycles. The van der Waals surface area contributed by atoms with Crippen LogP contribution in [0.2, 0.25) is 0 Å². The van der Waals surface area contributed by atoms with Crippen molar-refractivity contribution in [3.63, 3.8) is 0 Å². The van der Waals surface area contributed by atoms with Crippen LogP contribution >= 0.6 is 0 Å². The second-order valence-corrected chi connectivity index (χ2v) is 5.24. The van der Waals surface area contributed by atoms with Gasteiger partial charge >= 0.3 is 0 Å². The number of hydrogen-bond acceptors (Lipinski definition) is 4. The summed E-state index contributed by atoms with van der Waals surface area (Å²) in [5, 5.41) is 4.05. The van der Waals surface area contributed by atoms with Crippen molar-refractivity contribution in [3.05, 3.63) is 30.5 Å². The molecular weight excluding hydrogens is 242 g/mol. The van der Waals surface area contributed by atoms with Crippen molar-refractivity contribution in [2.24, 2.45) is 0 Å². The largest absolute Gasteiger partial charge is 0.332 e. The molecular formula is C9H13N5O2S. The molecule has 2 aromatic heterocycles. The van der Waals surface area contributed by atoms with Gasteiger partial charge in [0.25, 0.3) is 10.0 Å². The fourth-order valence-corrected chi connectivity index (χ4v) is 2.33. The molecule has 0 bridgehead atoms. The predicted molar refractivity (Wildman–Crippen MR) is 60.7 cm³/mol. The van der Waals surface area contributed by atoms with Gasteiger partial charge in [-0.25, -0.2) is 18.1 Å². The first kappa shape index (κ1) is 11.8. The molecule has 0 radical (unpaired) electrons. The van der Waals surface area contributed by atoms with Crippen LogP contribution in [0.5, 0.6) is 0 Å². The lowest BCUT2D eigenvalue weighted by atomic mass is 10.6. The molecule has 0 aromatic carbocycles. The first-order valence-corrected chi connectivity index (χ1v) is 6.55. The van der Waals surface area contributed by atoms with Gasteiger partial charge in [-0.3, -0.25) is 4.68 Å². The van der Waals surface area contributed by atoms with Gasteiger partial charge in [0.15, 0.2) is 5.03 Å². The molecule has 8 heteroatoms. The summed E-state index contributed by atoms with van der Waals surface area (Å²) in [6.45, 7) is 2.46. The lowest BCUT2D eigenvalue weighted by Gasteiger charge is -2.04. The zero-order chi connectivity index (χ0) is 12.3. The highest BCUT2D eigenvalue weighted by Crippen LogP contribution is 2.03. The van der Waals surface area contributed by atoms with E-state index >= 15 is 0 Å². The normalized spacial score (nSPS) is 11.8. The molecule has 2 aromatic rings. The van der Waals surface area contributed by atoms with Gasteiger partial charge in [-0.05, 0) is 13.0 Å². The molecule has 0 aliphatic rings. The summed E-state index contributed by atoms with van der Waals surface area (Å²) < 4.78 is 27.6. The molecule has 0 unspecified atom stereocenters. The Morgan fingerprint density at radius 1 is 1.53 bits per heavy atom. The molecule has 2 heterocycles. The fourth-order valence-electron chi connectivity index (χ4n) is 1.34. The molecule has 0 aliphatic heterocycles. The maximum atomic E-state index is 11.8. The van der Waals surface area contributed by atoms with Crippen LogP contribution in [0, 0.1) is 6.92 Å². The monoisotopic (exact) mass is 255 g/mol. The molecule has 0 atom stereocenters.